The van der Waals surface area contributed by atoms with Gasteiger partial charge in [-0.3, -0.25) is 9.52 Å². The molecule has 2 aromatic carbocycles. The lowest BCUT2D eigenvalue weighted by Gasteiger charge is -2.11. The number of carbonyl (C=O) groups excluding carboxylic acids is 1. The first kappa shape index (κ1) is 20.3. The zero-order valence-corrected chi connectivity index (χ0v) is 15.1. The number of sulfonamides is 1. The van der Waals surface area contributed by atoms with Gasteiger partial charge in [-0.2, -0.15) is 13.2 Å². The number of benzene rings is 2. The Morgan fingerprint density at radius 3 is 2.35 bits per heavy atom. The fourth-order valence-corrected chi connectivity index (χ4v) is 3.30. The Morgan fingerprint density at radius 2 is 1.73 bits per heavy atom. The van der Waals surface area contributed by atoms with Crippen LogP contribution >= 0.6 is 23.2 Å². The number of hydrogen-bond donors (Lipinski definition) is 2. The lowest BCUT2D eigenvalue weighted by Crippen LogP contribution is -2.33. The maximum absolute atomic E-state index is 12.3. The van der Waals surface area contributed by atoms with Crippen LogP contribution < -0.4 is 10.0 Å². The van der Waals surface area contributed by atoms with E-state index < -0.39 is 28.7 Å². The third kappa shape index (κ3) is 5.52. The van der Waals surface area contributed by atoms with E-state index in [1.807, 2.05) is 0 Å². The van der Waals surface area contributed by atoms with Crippen LogP contribution in [0, 0.1) is 0 Å². The molecule has 140 valence electrons. The Balaban J connectivity index is 2.19. The third-order valence-corrected chi connectivity index (χ3v) is 5.15. The highest BCUT2D eigenvalue weighted by Gasteiger charge is 2.28. The topological polar surface area (TPSA) is 75.3 Å². The maximum atomic E-state index is 12.3. The van der Waals surface area contributed by atoms with Gasteiger partial charge in [0.25, 0.3) is 15.9 Å². The number of carbonyl (C=O) groups is 1. The summed E-state index contributed by atoms with van der Waals surface area (Å²) in [5.74, 6) is -0.988. The van der Waals surface area contributed by atoms with Gasteiger partial charge < -0.3 is 5.32 Å². The molecular formula is C15H11Cl2F3N2O3S. The fraction of sp³-hybridized carbons (Fsp3) is 0.133. The summed E-state index contributed by atoms with van der Waals surface area (Å²) in [6.45, 7) is -1.49. The van der Waals surface area contributed by atoms with Crippen molar-refractivity contribution >= 4 is 44.8 Å². The standard InChI is InChI=1S/C15H11Cl2F3N2O3S/c16-12-5-4-11(7-13(12)17)26(24,25)22-10-3-1-2-9(6-10)14(23)21-8-15(18,19)20/h1-7,22H,8H2,(H,21,23). The van der Waals surface area contributed by atoms with Crippen molar-refractivity contribution in [3.8, 4) is 0 Å². The predicted octanol–water partition coefficient (Wildman–Crippen LogP) is 4.09. The summed E-state index contributed by atoms with van der Waals surface area (Å²) in [7, 11) is -4.04. The minimum Gasteiger partial charge on any atom is -0.343 e. The van der Waals surface area contributed by atoms with Crippen LogP contribution in [-0.2, 0) is 10.0 Å². The normalized spacial score (nSPS) is 11.9. The number of rotatable bonds is 5. The smallest absolute Gasteiger partial charge is 0.343 e. The lowest BCUT2D eigenvalue weighted by molar-refractivity contribution is -0.123. The fourth-order valence-electron chi connectivity index (χ4n) is 1.86. The molecule has 0 aliphatic rings. The quantitative estimate of drug-likeness (QED) is 0.755. The van der Waals surface area contributed by atoms with E-state index in [9.17, 15) is 26.4 Å². The average Bonchev–Trinajstić information content (AvgIpc) is 2.54. The van der Waals surface area contributed by atoms with Gasteiger partial charge in [0, 0.05) is 11.3 Å². The second kappa shape index (κ2) is 7.73. The molecule has 0 radical (unpaired) electrons. The van der Waals surface area contributed by atoms with Gasteiger partial charge in [-0.1, -0.05) is 29.3 Å². The van der Waals surface area contributed by atoms with E-state index in [0.717, 1.165) is 12.1 Å². The van der Waals surface area contributed by atoms with Crippen LogP contribution in [-0.4, -0.2) is 27.0 Å². The number of anilines is 1. The molecule has 0 bridgehead atoms. The van der Waals surface area contributed by atoms with Crippen molar-refractivity contribution in [2.24, 2.45) is 0 Å². The summed E-state index contributed by atoms with van der Waals surface area (Å²) in [5.41, 5.74) is -0.140. The van der Waals surface area contributed by atoms with Gasteiger partial charge in [0.05, 0.1) is 14.9 Å². The van der Waals surface area contributed by atoms with Gasteiger partial charge in [0.1, 0.15) is 6.54 Å². The zero-order chi connectivity index (χ0) is 19.5. The molecule has 0 atom stereocenters. The Kier molecular flexibility index (Phi) is 6.05. The molecule has 0 heterocycles. The summed E-state index contributed by atoms with van der Waals surface area (Å²) in [6.07, 6.45) is -4.55. The second-order valence-corrected chi connectivity index (χ2v) is 7.56. The highest BCUT2D eigenvalue weighted by molar-refractivity contribution is 7.92. The molecule has 0 aliphatic heterocycles. The van der Waals surface area contributed by atoms with Crippen LogP contribution in [0.2, 0.25) is 10.0 Å². The van der Waals surface area contributed by atoms with Crippen molar-refractivity contribution in [3.05, 3.63) is 58.1 Å². The van der Waals surface area contributed by atoms with Gasteiger partial charge in [-0.15, -0.1) is 0 Å². The number of halogens is 5. The number of hydrogen-bond acceptors (Lipinski definition) is 3. The van der Waals surface area contributed by atoms with E-state index in [4.69, 9.17) is 23.2 Å². The van der Waals surface area contributed by atoms with Crippen LogP contribution in [0.15, 0.2) is 47.4 Å². The highest BCUT2D eigenvalue weighted by atomic mass is 35.5. The van der Waals surface area contributed by atoms with Crippen LogP contribution in [0.5, 0.6) is 0 Å². The maximum Gasteiger partial charge on any atom is 0.405 e. The molecule has 1 amide bonds. The van der Waals surface area contributed by atoms with Gasteiger partial charge in [0.2, 0.25) is 0 Å². The monoisotopic (exact) mass is 426 g/mol. The van der Waals surface area contributed by atoms with Crippen molar-refractivity contribution in [1.29, 1.82) is 0 Å². The first-order chi connectivity index (χ1) is 12.0. The van der Waals surface area contributed by atoms with E-state index in [0.29, 0.717) is 0 Å². The summed E-state index contributed by atoms with van der Waals surface area (Å²) in [6, 6.07) is 8.72. The minimum atomic E-state index is -4.55. The largest absolute Gasteiger partial charge is 0.405 e. The van der Waals surface area contributed by atoms with Crippen molar-refractivity contribution in [1.82, 2.24) is 5.32 Å². The molecule has 11 heteroatoms. The van der Waals surface area contributed by atoms with Crippen LogP contribution in [0.25, 0.3) is 0 Å². The molecule has 0 saturated heterocycles. The highest BCUT2D eigenvalue weighted by Crippen LogP contribution is 2.26. The van der Waals surface area contributed by atoms with Gasteiger partial charge in [0.15, 0.2) is 0 Å². The van der Waals surface area contributed by atoms with E-state index >= 15 is 0 Å². The van der Waals surface area contributed by atoms with Crippen LogP contribution in [0.1, 0.15) is 10.4 Å². The number of nitrogens with one attached hydrogen (secondary N) is 2. The van der Waals surface area contributed by atoms with Crippen LogP contribution in [0.4, 0.5) is 18.9 Å². The Hall–Kier alpha value is -1.97. The van der Waals surface area contributed by atoms with E-state index in [2.05, 4.69) is 4.72 Å². The van der Waals surface area contributed by atoms with Gasteiger partial charge >= 0.3 is 6.18 Å². The average molecular weight is 427 g/mol. The zero-order valence-electron chi connectivity index (χ0n) is 12.8. The SMILES string of the molecule is O=C(NCC(F)(F)F)c1cccc(NS(=O)(=O)c2ccc(Cl)c(Cl)c2)c1. The van der Waals surface area contributed by atoms with E-state index in [-0.39, 0.29) is 26.2 Å². The number of amides is 1. The first-order valence-corrected chi connectivity index (χ1v) is 9.15. The summed E-state index contributed by atoms with van der Waals surface area (Å²) in [5, 5.41) is 1.91. The van der Waals surface area contributed by atoms with Crippen LogP contribution in [0.3, 0.4) is 0 Å². The third-order valence-electron chi connectivity index (χ3n) is 3.03. The Bertz CT molecular complexity index is 934. The molecule has 26 heavy (non-hydrogen) atoms. The molecule has 0 spiro atoms. The lowest BCUT2D eigenvalue weighted by atomic mass is 10.2. The number of alkyl halides is 3. The van der Waals surface area contributed by atoms with Crippen molar-refractivity contribution in [3.63, 3.8) is 0 Å². The van der Waals surface area contributed by atoms with Gasteiger partial charge in [-0.25, -0.2) is 8.42 Å². The predicted molar refractivity (Wildman–Crippen MR) is 92.1 cm³/mol. The molecule has 0 unspecified atom stereocenters. The molecule has 0 saturated carbocycles. The molecule has 0 aromatic heterocycles. The molecule has 2 N–H and O–H groups in total. The van der Waals surface area contributed by atoms with E-state index in [1.54, 1.807) is 5.32 Å². The first-order valence-electron chi connectivity index (χ1n) is 6.91. The molecular weight excluding hydrogens is 416 g/mol. The van der Waals surface area contributed by atoms with Crippen molar-refractivity contribution in [2.75, 3.05) is 11.3 Å². The second-order valence-electron chi connectivity index (χ2n) is 5.06. The molecule has 2 aromatic rings. The molecule has 2 rings (SSSR count). The summed E-state index contributed by atoms with van der Waals surface area (Å²) in [4.78, 5) is 11.6. The Morgan fingerprint density at radius 1 is 1.04 bits per heavy atom. The van der Waals surface area contributed by atoms with E-state index in [1.165, 1.54) is 30.3 Å². The summed E-state index contributed by atoms with van der Waals surface area (Å²) >= 11 is 11.5. The Labute approximate surface area is 157 Å². The van der Waals surface area contributed by atoms with Crippen molar-refractivity contribution in [2.45, 2.75) is 11.1 Å². The molecule has 0 fully saturated rings. The van der Waals surface area contributed by atoms with Gasteiger partial charge in [-0.05, 0) is 36.4 Å². The molecule has 5 nitrogen and oxygen atoms in total. The summed E-state index contributed by atoms with van der Waals surface area (Å²) < 4.78 is 63.4. The molecule has 0 aliphatic carbocycles. The minimum absolute atomic E-state index is 0.00395. The van der Waals surface area contributed by atoms with Crippen molar-refractivity contribution < 1.29 is 26.4 Å².